The average molecular weight is 253 g/mol. The highest BCUT2D eigenvalue weighted by Gasteiger charge is 2.03. The largest absolute Gasteiger partial charge is 0.379 e. The van der Waals surface area contributed by atoms with Gasteiger partial charge in [0.15, 0.2) is 0 Å². The van der Waals surface area contributed by atoms with Crippen molar-refractivity contribution in [3.8, 4) is 0 Å². The van der Waals surface area contributed by atoms with E-state index < -0.39 is 0 Å². The van der Waals surface area contributed by atoms with E-state index in [-0.39, 0.29) is 6.10 Å². The topological polar surface area (TPSA) is 56.3 Å². The lowest BCUT2D eigenvalue weighted by Crippen LogP contribution is -2.16. The molecule has 0 amide bonds. The highest BCUT2D eigenvalue weighted by atomic mass is 16.5. The Morgan fingerprint density at radius 1 is 1.28 bits per heavy atom. The first kappa shape index (κ1) is 14.9. The third kappa shape index (κ3) is 5.93. The number of hydrogen-bond acceptors (Lipinski definition) is 5. The fourth-order valence-corrected chi connectivity index (χ4v) is 1.33. The van der Waals surface area contributed by atoms with Crippen molar-refractivity contribution in [1.29, 1.82) is 0 Å². The molecule has 0 spiro atoms. The number of nitrogens with zero attached hydrogens (tertiary/aromatic N) is 2. The minimum atomic E-state index is 0.0737. The van der Waals surface area contributed by atoms with E-state index in [0.29, 0.717) is 19.8 Å². The first-order chi connectivity index (χ1) is 8.76. The molecule has 18 heavy (non-hydrogen) atoms. The normalized spacial score (nSPS) is 12.4. The molecule has 1 unspecified atom stereocenters. The zero-order valence-electron chi connectivity index (χ0n) is 11.5. The van der Waals surface area contributed by atoms with Crippen molar-refractivity contribution < 1.29 is 9.47 Å². The number of aromatic nitrogens is 2. The van der Waals surface area contributed by atoms with Crippen LogP contribution >= 0.6 is 0 Å². The summed E-state index contributed by atoms with van der Waals surface area (Å²) in [6.45, 7) is 8.78. The second-order valence-electron chi connectivity index (χ2n) is 4.10. The molecule has 0 saturated carbocycles. The third-order valence-electron chi connectivity index (χ3n) is 2.33. The van der Waals surface area contributed by atoms with Crippen molar-refractivity contribution in [3.05, 3.63) is 18.1 Å². The zero-order chi connectivity index (χ0) is 13.2. The molecule has 5 heteroatoms. The molecule has 1 rings (SSSR count). The molecule has 0 aromatic carbocycles. The van der Waals surface area contributed by atoms with Gasteiger partial charge in [-0.1, -0.05) is 6.92 Å². The number of rotatable bonds is 9. The Kier molecular flexibility index (Phi) is 7.29. The van der Waals surface area contributed by atoms with Gasteiger partial charge < -0.3 is 14.8 Å². The molecule has 5 nitrogen and oxygen atoms in total. The maximum absolute atomic E-state index is 5.60. The highest BCUT2D eigenvalue weighted by Crippen LogP contribution is 2.04. The van der Waals surface area contributed by atoms with E-state index in [9.17, 15) is 0 Å². The van der Waals surface area contributed by atoms with Crippen molar-refractivity contribution in [3.63, 3.8) is 0 Å². The Morgan fingerprint density at radius 3 is 2.72 bits per heavy atom. The summed E-state index contributed by atoms with van der Waals surface area (Å²) in [7, 11) is 0. The molecule has 1 aromatic rings. The van der Waals surface area contributed by atoms with Crippen molar-refractivity contribution in [1.82, 2.24) is 9.97 Å². The third-order valence-corrected chi connectivity index (χ3v) is 2.33. The molecule has 0 aliphatic heterocycles. The van der Waals surface area contributed by atoms with Gasteiger partial charge in [0.25, 0.3) is 0 Å². The second kappa shape index (κ2) is 8.83. The number of nitrogens with one attached hydrogen (secondary N) is 1. The monoisotopic (exact) mass is 253 g/mol. The zero-order valence-corrected chi connectivity index (χ0v) is 11.5. The first-order valence-corrected chi connectivity index (χ1v) is 6.50. The van der Waals surface area contributed by atoms with Gasteiger partial charge in [-0.2, -0.15) is 0 Å². The summed E-state index contributed by atoms with van der Waals surface area (Å²) >= 11 is 0. The molecule has 0 bridgehead atoms. The van der Waals surface area contributed by atoms with Crippen molar-refractivity contribution in [2.24, 2.45) is 0 Å². The SMILES string of the molecule is CCCNc1cnc(COC(C)COCC)cn1. The fourth-order valence-electron chi connectivity index (χ4n) is 1.33. The van der Waals surface area contributed by atoms with E-state index in [1.54, 1.807) is 12.4 Å². The van der Waals surface area contributed by atoms with Crippen LogP contribution < -0.4 is 5.32 Å². The Balaban J connectivity index is 2.30. The molecule has 1 heterocycles. The van der Waals surface area contributed by atoms with E-state index in [4.69, 9.17) is 9.47 Å². The van der Waals surface area contributed by atoms with Crippen LogP contribution in [0.2, 0.25) is 0 Å². The van der Waals surface area contributed by atoms with Crippen molar-refractivity contribution >= 4 is 5.82 Å². The predicted octanol–water partition coefficient (Wildman–Crippen LogP) is 2.24. The van der Waals surface area contributed by atoms with Gasteiger partial charge in [0.05, 0.1) is 37.4 Å². The van der Waals surface area contributed by atoms with Crippen LogP contribution in [0.4, 0.5) is 5.82 Å². The van der Waals surface area contributed by atoms with Gasteiger partial charge >= 0.3 is 0 Å². The summed E-state index contributed by atoms with van der Waals surface area (Å²) in [5.41, 5.74) is 0.834. The summed E-state index contributed by atoms with van der Waals surface area (Å²) < 4.78 is 10.9. The predicted molar refractivity (Wildman–Crippen MR) is 71.6 cm³/mol. The molecule has 0 saturated heterocycles. The van der Waals surface area contributed by atoms with E-state index in [1.807, 2.05) is 13.8 Å². The average Bonchev–Trinajstić information content (AvgIpc) is 2.41. The van der Waals surface area contributed by atoms with Gasteiger partial charge in [0.1, 0.15) is 5.82 Å². The molecule has 102 valence electrons. The standard InChI is InChI=1S/C13H23N3O2/c1-4-6-14-13-8-15-12(7-16-13)10-18-11(3)9-17-5-2/h7-8,11H,4-6,9-10H2,1-3H3,(H,14,16). The van der Waals surface area contributed by atoms with Gasteiger partial charge in [0, 0.05) is 13.2 Å². The molecule has 0 radical (unpaired) electrons. The summed E-state index contributed by atoms with van der Waals surface area (Å²) in [5.74, 6) is 0.808. The summed E-state index contributed by atoms with van der Waals surface area (Å²) in [6, 6.07) is 0. The lowest BCUT2D eigenvalue weighted by atomic mass is 10.4. The van der Waals surface area contributed by atoms with Crippen LogP contribution in [-0.2, 0) is 16.1 Å². The van der Waals surface area contributed by atoms with Crippen LogP contribution in [0.5, 0.6) is 0 Å². The lowest BCUT2D eigenvalue weighted by molar-refractivity contribution is -0.0128. The van der Waals surface area contributed by atoms with E-state index >= 15 is 0 Å². The quantitative estimate of drug-likeness (QED) is 0.731. The summed E-state index contributed by atoms with van der Waals surface area (Å²) in [6.07, 6.45) is 4.62. The van der Waals surface area contributed by atoms with Crippen LogP contribution in [0.25, 0.3) is 0 Å². The molecule has 0 aliphatic rings. The molecule has 1 atom stereocenters. The van der Waals surface area contributed by atoms with Crippen LogP contribution in [0.1, 0.15) is 32.9 Å². The smallest absolute Gasteiger partial charge is 0.144 e. The van der Waals surface area contributed by atoms with E-state index in [0.717, 1.165) is 24.5 Å². The summed E-state index contributed by atoms with van der Waals surface area (Å²) in [4.78, 5) is 8.56. The van der Waals surface area contributed by atoms with Crippen molar-refractivity contribution in [2.45, 2.75) is 39.9 Å². The lowest BCUT2D eigenvalue weighted by Gasteiger charge is -2.12. The van der Waals surface area contributed by atoms with Gasteiger partial charge in [-0.25, -0.2) is 4.98 Å². The Hall–Kier alpha value is -1.20. The van der Waals surface area contributed by atoms with Crippen molar-refractivity contribution in [2.75, 3.05) is 25.1 Å². The number of ether oxygens (including phenoxy) is 2. The maximum atomic E-state index is 5.60. The first-order valence-electron chi connectivity index (χ1n) is 6.50. The molecule has 1 aromatic heterocycles. The highest BCUT2D eigenvalue weighted by molar-refractivity contribution is 5.30. The fraction of sp³-hybridized carbons (Fsp3) is 0.692. The van der Waals surface area contributed by atoms with E-state index in [2.05, 4.69) is 22.2 Å². The van der Waals surface area contributed by atoms with E-state index in [1.165, 1.54) is 0 Å². The molecule has 1 N–H and O–H groups in total. The van der Waals surface area contributed by atoms with Gasteiger partial charge in [-0.05, 0) is 20.3 Å². The van der Waals surface area contributed by atoms with Gasteiger partial charge in [-0.15, -0.1) is 0 Å². The van der Waals surface area contributed by atoms with Crippen LogP contribution in [0.15, 0.2) is 12.4 Å². The van der Waals surface area contributed by atoms with Crippen LogP contribution in [0, 0.1) is 0 Å². The maximum Gasteiger partial charge on any atom is 0.144 e. The number of hydrogen-bond donors (Lipinski definition) is 1. The van der Waals surface area contributed by atoms with Crippen LogP contribution in [-0.4, -0.2) is 35.8 Å². The minimum Gasteiger partial charge on any atom is -0.379 e. The molecular weight excluding hydrogens is 230 g/mol. The van der Waals surface area contributed by atoms with Crippen LogP contribution in [0.3, 0.4) is 0 Å². The summed E-state index contributed by atoms with van der Waals surface area (Å²) in [5, 5.41) is 3.18. The Labute approximate surface area is 109 Å². The van der Waals surface area contributed by atoms with Gasteiger partial charge in [0.2, 0.25) is 0 Å². The molecular formula is C13H23N3O2. The molecule has 0 aliphatic carbocycles. The van der Waals surface area contributed by atoms with Gasteiger partial charge in [-0.3, -0.25) is 4.98 Å². The second-order valence-corrected chi connectivity index (χ2v) is 4.10. The molecule has 0 fully saturated rings. The Morgan fingerprint density at radius 2 is 2.11 bits per heavy atom. The minimum absolute atomic E-state index is 0.0737. The Bertz CT molecular complexity index is 317. The number of anilines is 1.